The molecule has 0 aromatic carbocycles. The Labute approximate surface area is 109 Å². The first kappa shape index (κ1) is 14.2. The number of hydrogen-bond donors (Lipinski definition) is 1. The van der Waals surface area contributed by atoms with E-state index in [1.54, 1.807) is 0 Å². The molecule has 0 aliphatic heterocycles. The van der Waals surface area contributed by atoms with Crippen molar-refractivity contribution in [2.45, 2.75) is 53.0 Å². The summed E-state index contributed by atoms with van der Waals surface area (Å²) in [6.45, 7) is 8.71. The molecule has 1 unspecified atom stereocenters. The van der Waals surface area contributed by atoms with Gasteiger partial charge >= 0.3 is 0 Å². The fraction of sp³-hybridized carbons (Fsp3) is 0.692. The SMILES string of the molecule is CCc1c(Cl)ncnc1NC(C)C(CC)CC. The maximum Gasteiger partial charge on any atom is 0.137 e. The molecule has 0 saturated carbocycles. The van der Waals surface area contributed by atoms with Gasteiger partial charge in [0.1, 0.15) is 17.3 Å². The van der Waals surface area contributed by atoms with Gasteiger partial charge in [-0.15, -0.1) is 0 Å². The molecule has 0 radical (unpaired) electrons. The summed E-state index contributed by atoms with van der Waals surface area (Å²) in [6.07, 6.45) is 4.71. The van der Waals surface area contributed by atoms with Crippen LogP contribution in [0.2, 0.25) is 5.15 Å². The summed E-state index contributed by atoms with van der Waals surface area (Å²) in [7, 11) is 0. The summed E-state index contributed by atoms with van der Waals surface area (Å²) in [5, 5.41) is 4.03. The third-order valence-corrected chi connectivity index (χ3v) is 3.69. The first-order valence-corrected chi connectivity index (χ1v) is 6.77. The maximum absolute atomic E-state index is 6.07. The molecule has 0 fully saturated rings. The van der Waals surface area contributed by atoms with Gasteiger partial charge in [-0.1, -0.05) is 45.2 Å². The number of rotatable bonds is 6. The Morgan fingerprint density at radius 1 is 1.24 bits per heavy atom. The minimum atomic E-state index is 0.404. The smallest absolute Gasteiger partial charge is 0.137 e. The molecule has 4 heteroatoms. The van der Waals surface area contributed by atoms with E-state index in [2.05, 4.69) is 43.0 Å². The zero-order chi connectivity index (χ0) is 12.8. The summed E-state index contributed by atoms with van der Waals surface area (Å²) in [5.41, 5.74) is 1.01. The monoisotopic (exact) mass is 255 g/mol. The van der Waals surface area contributed by atoms with E-state index in [9.17, 15) is 0 Å². The highest BCUT2D eigenvalue weighted by molar-refractivity contribution is 6.30. The second-order valence-electron chi connectivity index (χ2n) is 4.35. The summed E-state index contributed by atoms with van der Waals surface area (Å²) in [6, 6.07) is 0.404. The number of hydrogen-bond acceptors (Lipinski definition) is 3. The van der Waals surface area contributed by atoms with Crippen LogP contribution in [0.15, 0.2) is 6.33 Å². The highest BCUT2D eigenvalue weighted by atomic mass is 35.5. The summed E-state index contributed by atoms with van der Waals surface area (Å²) >= 11 is 6.07. The van der Waals surface area contributed by atoms with E-state index in [0.717, 1.165) is 17.8 Å². The van der Waals surface area contributed by atoms with Crippen LogP contribution in [0.3, 0.4) is 0 Å². The van der Waals surface area contributed by atoms with Crippen LogP contribution in [-0.2, 0) is 6.42 Å². The van der Waals surface area contributed by atoms with Crippen molar-refractivity contribution in [2.75, 3.05) is 5.32 Å². The Balaban J connectivity index is 2.84. The zero-order valence-electron chi connectivity index (χ0n) is 11.1. The number of nitrogens with zero attached hydrogens (tertiary/aromatic N) is 2. The van der Waals surface area contributed by atoms with Gasteiger partial charge in [-0.3, -0.25) is 0 Å². The van der Waals surface area contributed by atoms with Crippen molar-refractivity contribution in [3.8, 4) is 0 Å². The van der Waals surface area contributed by atoms with Gasteiger partial charge in [0.15, 0.2) is 0 Å². The molecule has 0 amide bonds. The van der Waals surface area contributed by atoms with Crippen molar-refractivity contribution in [1.29, 1.82) is 0 Å². The van der Waals surface area contributed by atoms with E-state index in [1.807, 2.05) is 0 Å². The summed E-state index contributed by atoms with van der Waals surface area (Å²) < 4.78 is 0. The van der Waals surface area contributed by atoms with Crippen molar-refractivity contribution in [2.24, 2.45) is 5.92 Å². The van der Waals surface area contributed by atoms with Crippen molar-refractivity contribution in [3.63, 3.8) is 0 Å². The van der Waals surface area contributed by atoms with Gasteiger partial charge in [0.05, 0.1) is 0 Å². The van der Waals surface area contributed by atoms with Crippen LogP contribution in [-0.4, -0.2) is 16.0 Å². The Hall–Kier alpha value is -0.830. The first-order chi connectivity index (χ1) is 8.13. The second-order valence-corrected chi connectivity index (χ2v) is 4.71. The van der Waals surface area contributed by atoms with Crippen LogP contribution in [0.5, 0.6) is 0 Å². The van der Waals surface area contributed by atoms with Crippen LogP contribution in [0.1, 0.15) is 46.1 Å². The molecule has 1 heterocycles. The molecular formula is C13H22ClN3. The largest absolute Gasteiger partial charge is 0.367 e. The van der Waals surface area contributed by atoms with E-state index in [1.165, 1.54) is 19.2 Å². The van der Waals surface area contributed by atoms with Crippen LogP contribution >= 0.6 is 11.6 Å². The minimum absolute atomic E-state index is 0.404. The van der Waals surface area contributed by atoms with Crippen molar-refractivity contribution in [1.82, 2.24) is 9.97 Å². The second kappa shape index (κ2) is 6.80. The van der Waals surface area contributed by atoms with Gasteiger partial charge in [-0.2, -0.15) is 0 Å². The lowest BCUT2D eigenvalue weighted by atomic mass is 9.95. The predicted molar refractivity (Wildman–Crippen MR) is 73.6 cm³/mol. The molecule has 0 spiro atoms. The van der Waals surface area contributed by atoms with Gasteiger partial charge in [0.25, 0.3) is 0 Å². The molecule has 1 N–H and O–H groups in total. The first-order valence-electron chi connectivity index (χ1n) is 6.39. The Kier molecular flexibility index (Phi) is 5.69. The highest BCUT2D eigenvalue weighted by Gasteiger charge is 2.16. The van der Waals surface area contributed by atoms with E-state index in [0.29, 0.717) is 17.1 Å². The van der Waals surface area contributed by atoms with Gasteiger partial charge < -0.3 is 5.32 Å². The molecule has 17 heavy (non-hydrogen) atoms. The lowest BCUT2D eigenvalue weighted by molar-refractivity contribution is 0.437. The molecule has 1 aromatic rings. The molecule has 1 rings (SSSR count). The highest BCUT2D eigenvalue weighted by Crippen LogP contribution is 2.23. The molecule has 1 atom stereocenters. The molecule has 1 aromatic heterocycles. The maximum atomic E-state index is 6.07. The molecule has 3 nitrogen and oxygen atoms in total. The van der Waals surface area contributed by atoms with E-state index >= 15 is 0 Å². The van der Waals surface area contributed by atoms with Crippen LogP contribution in [0, 0.1) is 5.92 Å². The van der Waals surface area contributed by atoms with Gasteiger partial charge in [-0.05, 0) is 19.3 Å². The minimum Gasteiger partial charge on any atom is -0.367 e. The van der Waals surface area contributed by atoms with Crippen LogP contribution in [0.4, 0.5) is 5.82 Å². The predicted octanol–water partition coefficient (Wildman–Crippen LogP) is 3.93. The molecule has 96 valence electrons. The Morgan fingerprint density at radius 3 is 2.41 bits per heavy atom. The molecule has 0 aliphatic rings. The summed E-state index contributed by atoms with van der Waals surface area (Å²) in [4.78, 5) is 8.31. The molecule has 0 aliphatic carbocycles. The van der Waals surface area contributed by atoms with Gasteiger partial charge in [-0.25, -0.2) is 9.97 Å². The third-order valence-electron chi connectivity index (χ3n) is 3.37. The zero-order valence-corrected chi connectivity index (χ0v) is 11.9. The van der Waals surface area contributed by atoms with E-state index < -0.39 is 0 Å². The van der Waals surface area contributed by atoms with Crippen molar-refractivity contribution in [3.05, 3.63) is 17.0 Å². The number of halogens is 1. The Morgan fingerprint density at radius 2 is 1.88 bits per heavy atom. The van der Waals surface area contributed by atoms with E-state index in [-0.39, 0.29) is 0 Å². The normalized spacial score (nSPS) is 12.8. The molecule has 0 saturated heterocycles. The molecular weight excluding hydrogens is 234 g/mol. The quantitative estimate of drug-likeness (QED) is 0.783. The third kappa shape index (κ3) is 3.56. The number of aromatic nitrogens is 2. The molecule has 0 bridgehead atoms. The number of anilines is 1. The fourth-order valence-corrected chi connectivity index (χ4v) is 2.42. The van der Waals surface area contributed by atoms with Gasteiger partial charge in [0, 0.05) is 11.6 Å². The van der Waals surface area contributed by atoms with Crippen LogP contribution < -0.4 is 5.32 Å². The lowest BCUT2D eigenvalue weighted by Crippen LogP contribution is -2.26. The average Bonchev–Trinajstić information content (AvgIpc) is 2.31. The average molecular weight is 256 g/mol. The Bertz CT molecular complexity index is 351. The standard InChI is InChI=1S/C13H22ClN3/c1-5-10(6-2)9(4)17-13-11(7-3)12(14)15-8-16-13/h8-10H,5-7H2,1-4H3,(H,15,16,17). The van der Waals surface area contributed by atoms with Gasteiger partial charge in [0.2, 0.25) is 0 Å². The lowest BCUT2D eigenvalue weighted by Gasteiger charge is -2.24. The van der Waals surface area contributed by atoms with Crippen LogP contribution in [0.25, 0.3) is 0 Å². The topological polar surface area (TPSA) is 37.8 Å². The van der Waals surface area contributed by atoms with Crippen molar-refractivity contribution >= 4 is 17.4 Å². The number of nitrogens with one attached hydrogen (secondary N) is 1. The summed E-state index contributed by atoms with van der Waals surface area (Å²) in [5.74, 6) is 1.54. The van der Waals surface area contributed by atoms with E-state index in [4.69, 9.17) is 11.6 Å². The van der Waals surface area contributed by atoms with Crippen molar-refractivity contribution < 1.29 is 0 Å². The fourth-order valence-electron chi connectivity index (χ4n) is 2.16.